The smallest absolute Gasteiger partial charge is 0.227 e. The number of nitrogens with two attached hydrogens (primary N) is 1. The van der Waals surface area contributed by atoms with Gasteiger partial charge in [-0.3, -0.25) is 4.79 Å². The average molecular weight is 238 g/mol. The van der Waals surface area contributed by atoms with Crippen molar-refractivity contribution in [2.24, 2.45) is 11.7 Å². The molecule has 0 aliphatic heterocycles. The van der Waals surface area contributed by atoms with Gasteiger partial charge in [-0.1, -0.05) is 31.4 Å². The van der Waals surface area contributed by atoms with Crippen molar-refractivity contribution in [3.8, 4) is 0 Å². The van der Waals surface area contributed by atoms with Gasteiger partial charge in [0, 0.05) is 6.04 Å². The second-order valence-electron chi connectivity index (χ2n) is 5.38. The maximum atomic E-state index is 12.1. The van der Waals surface area contributed by atoms with E-state index >= 15 is 0 Å². The van der Waals surface area contributed by atoms with E-state index < -0.39 is 0 Å². The molecule has 0 spiro atoms. The fraction of sp³-hybridized carbons (Fsp3) is 0.769. The average Bonchev–Trinajstić information content (AvgIpc) is 2.77. The van der Waals surface area contributed by atoms with Gasteiger partial charge in [0.15, 0.2) is 0 Å². The Morgan fingerprint density at radius 2 is 2.06 bits per heavy atom. The summed E-state index contributed by atoms with van der Waals surface area (Å²) in [4.78, 5) is 12.1. The molecule has 0 saturated heterocycles. The number of hydrogen-bond donors (Lipinski definition) is 3. The van der Waals surface area contributed by atoms with E-state index in [0.717, 1.165) is 25.7 Å². The molecule has 0 radical (unpaired) electrons. The van der Waals surface area contributed by atoms with Gasteiger partial charge in [-0.05, 0) is 19.3 Å². The third-order valence-corrected chi connectivity index (χ3v) is 3.96. The normalized spacial score (nSPS) is 31.4. The molecule has 1 fully saturated rings. The molecule has 4 N–H and O–H groups in total. The first-order valence-electron chi connectivity index (χ1n) is 6.52. The lowest BCUT2D eigenvalue weighted by Crippen LogP contribution is -2.54. The molecule has 96 valence electrons. The molecule has 4 heteroatoms. The number of aliphatic hydroxyl groups is 1. The standard InChI is InChI=1S/C13H22N2O2/c14-11-5-4-10(8-11)12(17)15-13(9-16)6-2-1-3-7-13/h4-5,10-11,16H,1-3,6-9,14H2,(H,15,17). The quantitative estimate of drug-likeness (QED) is 0.634. The van der Waals surface area contributed by atoms with Crippen molar-refractivity contribution in [3.05, 3.63) is 12.2 Å². The Kier molecular flexibility index (Phi) is 3.84. The molecule has 0 heterocycles. The monoisotopic (exact) mass is 238 g/mol. The summed E-state index contributed by atoms with van der Waals surface area (Å²) in [6.07, 6.45) is 9.60. The highest BCUT2D eigenvalue weighted by Gasteiger charge is 2.35. The third-order valence-electron chi connectivity index (χ3n) is 3.96. The molecular weight excluding hydrogens is 216 g/mol. The van der Waals surface area contributed by atoms with Crippen molar-refractivity contribution < 1.29 is 9.90 Å². The molecule has 0 aromatic carbocycles. The van der Waals surface area contributed by atoms with Gasteiger partial charge in [-0.2, -0.15) is 0 Å². The molecule has 2 rings (SSSR count). The van der Waals surface area contributed by atoms with Crippen LogP contribution in [0.1, 0.15) is 38.5 Å². The number of nitrogens with one attached hydrogen (secondary N) is 1. The van der Waals surface area contributed by atoms with Gasteiger partial charge in [0.05, 0.1) is 18.1 Å². The molecule has 2 aliphatic carbocycles. The van der Waals surface area contributed by atoms with Crippen LogP contribution >= 0.6 is 0 Å². The first-order chi connectivity index (χ1) is 8.15. The van der Waals surface area contributed by atoms with Crippen LogP contribution in [0.4, 0.5) is 0 Å². The lowest BCUT2D eigenvalue weighted by molar-refractivity contribution is -0.126. The summed E-state index contributed by atoms with van der Waals surface area (Å²) >= 11 is 0. The Balaban J connectivity index is 1.94. The van der Waals surface area contributed by atoms with Crippen LogP contribution in [0.3, 0.4) is 0 Å². The topological polar surface area (TPSA) is 75.4 Å². The summed E-state index contributed by atoms with van der Waals surface area (Å²) in [5.41, 5.74) is 5.37. The van der Waals surface area contributed by atoms with Gasteiger partial charge >= 0.3 is 0 Å². The summed E-state index contributed by atoms with van der Waals surface area (Å²) in [5, 5.41) is 12.6. The summed E-state index contributed by atoms with van der Waals surface area (Å²) in [7, 11) is 0. The Bertz CT molecular complexity index is 309. The van der Waals surface area contributed by atoms with Crippen molar-refractivity contribution in [1.29, 1.82) is 0 Å². The van der Waals surface area contributed by atoms with E-state index in [-0.39, 0.29) is 30.0 Å². The Labute approximate surface area is 102 Å². The Hall–Kier alpha value is -0.870. The van der Waals surface area contributed by atoms with Crippen LogP contribution in [0.5, 0.6) is 0 Å². The lowest BCUT2D eigenvalue weighted by atomic mass is 9.82. The van der Waals surface area contributed by atoms with Gasteiger partial charge in [0.25, 0.3) is 0 Å². The molecule has 2 aliphatic rings. The highest BCUT2D eigenvalue weighted by atomic mass is 16.3. The zero-order chi connectivity index (χ0) is 12.3. The van der Waals surface area contributed by atoms with Crippen LogP contribution in [0.25, 0.3) is 0 Å². The minimum Gasteiger partial charge on any atom is -0.394 e. The Morgan fingerprint density at radius 3 is 2.59 bits per heavy atom. The first-order valence-corrected chi connectivity index (χ1v) is 6.52. The van der Waals surface area contributed by atoms with Gasteiger partial charge < -0.3 is 16.2 Å². The molecule has 4 nitrogen and oxygen atoms in total. The fourth-order valence-corrected chi connectivity index (χ4v) is 2.83. The van der Waals surface area contributed by atoms with Crippen LogP contribution in [-0.4, -0.2) is 29.2 Å². The first kappa shape index (κ1) is 12.6. The maximum Gasteiger partial charge on any atom is 0.227 e. The van der Waals surface area contributed by atoms with E-state index in [1.807, 2.05) is 12.2 Å². The van der Waals surface area contributed by atoms with Gasteiger partial charge in [0.2, 0.25) is 5.91 Å². The van der Waals surface area contributed by atoms with Crippen molar-refractivity contribution in [2.75, 3.05) is 6.61 Å². The van der Waals surface area contributed by atoms with Crippen molar-refractivity contribution in [3.63, 3.8) is 0 Å². The number of amides is 1. The zero-order valence-corrected chi connectivity index (χ0v) is 10.2. The SMILES string of the molecule is NC1C=CC(C(=O)NC2(CO)CCCCC2)C1. The van der Waals surface area contributed by atoms with E-state index in [9.17, 15) is 9.90 Å². The largest absolute Gasteiger partial charge is 0.394 e. The Morgan fingerprint density at radius 1 is 1.35 bits per heavy atom. The molecule has 1 amide bonds. The van der Waals surface area contributed by atoms with E-state index in [0.29, 0.717) is 6.42 Å². The van der Waals surface area contributed by atoms with Crippen LogP contribution in [-0.2, 0) is 4.79 Å². The predicted octanol–water partition coefficient (Wildman–Crippen LogP) is 0.701. The minimum atomic E-state index is -0.379. The van der Waals surface area contributed by atoms with Crippen LogP contribution < -0.4 is 11.1 Å². The molecule has 0 aromatic rings. The summed E-state index contributed by atoms with van der Waals surface area (Å²) < 4.78 is 0. The predicted molar refractivity (Wildman–Crippen MR) is 66.3 cm³/mol. The molecule has 0 aromatic heterocycles. The molecule has 17 heavy (non-hydrogen) atoms. The van der Waals surface area contributed by atoms with Crippen LogP contribution in [0.15, 0.2) is 12.2 Å². The molecular formula is C13H22N2O2. The minimum absolute atomic E-state index is 0.00202. The maximum absolute atomic E-state index is 12.1. The van der Waals surface area contributed by atoms with Gasteiger partial charge in [-0.25, -0.2) is 0 Å². The number of hydrogen-bond acceptors (Lipinski definition) is 3. The van der Waals surface area contributed by atoms with Crippen LogP contribution in [0.2, 0.25) is 0 Å². The van der Waals surface area contributed by atoms with Gasteiger partial charge in [0.1, 0.15) is 0 Å². The second kappa shape index (κ2) is 5.19. The number of aliphatic hydroxyl groups excluding tert-OH is 1. The molecule has 1 saturated carbocycles. The summed E-state index contributed by atoms with van der Waals surface area (Å²) in [6.45, 7) is 0.0429. The van der Waals surface area contributed by atoms with Crippen molar-refractivity contribution in [1.82, 2.24) is 5.32 Å². The van der Waals surface area contributed by atoms with E-state index in [4.69, 9.17) is 5.73 Å². The van der Waals surface area contributed by atoms with E-state index in [1.54, 1.807) is 0 Å². The number of carbonyl (C=O) groups excluding carboxylic acids is 1. The summed E-state index contributed by atoms with van der Waals surface area (Å²) in [6, 6.07) is 0.00202. The van der Waals surface area contributed by atoms with Gasteiger partial charge in [-0.15, -0.1) is 0 Å². The highest BCUT2D eigenvalue weighted by Crippen LogP contribution is 2.29. The zero-order valence-electron chi connectivity index (χ0n) is 10.2. The van der Waals surface area contributed by atoms with Crippen LogP contribution in [0, 0.1) is 5.92 Å². The van der Waals surface area contributed by atoms with Crippen molar-refractivity contribution >= 4 is 5.91 Å². The molecule has 0 bridgehead atoms. The summed E-state index contributed by atoms with van der Waals surface area (Å²) in [5.74, 6) is -0.0968. The third kappa shape index (κ3) is 2.87. The number of rotatable bonds is 3. The second-order valence-corrected chi connectivity index (χ2v) is 5.38. The van der Waals surface area contributed by atoms with Crippen molar-refractivity contribution in [2.45, 2.75) is 50.1 Å². The highest BCUT2D eigenvalue weighted by molar-refractivity contribution is 5.81. The fourth-order valence-electron chi connectivity index (χ4n) is 2.83. The van der Waals surface area contributed by atoms with E-state index in [2.05, 4.69) is 5.32 Å². The molecule has 2 unspecified atom stereocenters. The lowest BCUT2D eigenvalue weighted by Gasteiger charge is -2.37. The number of carbonyl (C=O) groups is 1. The molecule has 2 atom stereocenters. The van der Waals surface area contributed by atoms with E-state index in [1.165, 1.54) is 6.42 Å².